The maximum absolute atomic E-state index is 11.5. The molecule has 0 saturated carbocycles. The standard InChI is InChI=1S/C12H12Br3NO4/c13-12(14,15)7-20-11(19)16-9(10(17)18)6-8-4-2-1-3-5-8/h1-5,9H,6-7H2,(H,16,19)(H,17,18)/t9-/m1/s1. The Bertz CT molecular complexity index is 462. The average Bonchev–Trinajstić information content (AvgIpc) is 2.36. The summed E-state index contributed by atoms with van der Waals surface area (Å²) in [6.45, 7) is -0.0174. The normalized spacial score (nSPS) is 12.6. The predicted molar refractivity (Wildman–Crippen MR) is 85.6 cm³/mol. The second-order valence-corrected chi connectivity index (χ2v) is 11.2. The van der Waals surface area contributed by atoms with E-state index in [0.717, 1.165) is 5.56 Å². The minimum atomic E-state index is -1.12. The summed E-state index contributed by atoms with van der Waals surface area (Å²) >= 11 is 9.50. The molecule has 0 unspecified atom stereocenters. The quantitative estimate of drug-likeness (QED) is 0.644. The highest BCUT2D eigenvalue weighted by molar-refractivity contribution is 9.39. The summed E-state index contributed by atoms with van der Waals surface area (Å²) in [5.41, 5.74) is 0.816. The molecule has 0 saturated heterocycles. The first-order valence-electron chi connectivity index (χ1n) is 5.54. The van der Waals surface area contributed by atoms with Crippen LogP contribution in [0.15, 0.2) is 30.3 Å². The lowest BCUT2D eigenvalue weighted by Gasteiger charge is -2.17. The number of halogens is 3. The molecule has 20 heavy (non-hydrogen) atoms. The highest BCUT2D eigenvalue weighted by Crippen LogP contribution is 2.33. The molecule has 0 aromatic heterocycles. The number of aliphatic carboxylic acids is 1. The molecule has 8 heteroatoms. The second kappa shape index (κ2) is 7.99. The van der Waals surface area contributed by atoms with Crippen LogP contribution in [0.25, 0.3) is 0 Å². The van der Waals surface area contributed by atoms with E-state index in [4.69, 9.17) is 9.84 Å². The van der Waals surface area contributed by atoms with E-state index in [1.54, 1.807) is 24.3 Å². The number of hydrogen-bond acceptors (Lipinski definition) is 3. The Balaban J connectivity index is 2.55. The molecule has 0 aliphatic carbocycles. The SMILES string of the molecule is O=C(N[C@H](Cc1ccccc1)C(=O)O)OCC(Br)(Br)Br. The molecule has 0 fully saturated rings. The summed E-state index contributed by atoms with van der Waals surface area (Å²) in [7, 11) is 0. The fourth-order valence-corrected chi connectivity index (χ4v) is 1.72. The number of benzene rings is 1. The number of alkyl carbamates (subject to hydrolysis) is 1. The van der Waals surface area contributed by atoms with Crippen LogP contribution in [0.3, 0.4) is 0 Å². The van der Waals surface area contributed by atoms with Crippen LogP contribution in [0.4, 0.5) is 4.79 Å². The predicted octanol–water partition coefficient (Wildman–Crippen LogP) is 3.25. The maximum Gasteiger partial charge on any atom is 0.407 e. The minimum Gasteiger partial charge on any atom is -0.480 e. The molecular weight excluding hydrogens is 462 g/mol. The largest absolute Gasteiger partial charge is 0.480 e. The molecule has 0 aliphatic rings. The third kappa shape index (κ3) is 7.25. The Labute approximate surface area is 141 Å². The number of carbonyl (C=O) groups excluding carboxylic acids is 1. The van der Waals surface area contributed by atoms with Gasteiger partial charge in [0.15, 0.2) is 2.14 Å². The van der Waals surface area contributed by atoms with Crippen LogP contribution in [0, 0.1) is 0 Å². The van der Waals surface area contributed by atoms with Crippen molar-refractivity contribution in [3.8, 4) is 0 Å². The topological polar surface area (TPSA) is 75.6 Å². The van der Waals surface area contributed by atoms with Gasteiger partial charge in [-0.1, -0.05) is 78.1 Å². The molecule has 2 N–H and O–H groups in total. The van der Waals surface area contributed by atoms with Crippen LogP contribution in [-0.2, 0) is 16.0 Å². The van der Waals surface area contributed by atoms with E-state index in [-0.39, 0.29) is 13.0 Å². The zero-order valence-corrected chi connectivity index (χ0v) is 14.9. The van der Waals surface area contributed by atoms with E-state index in [1.165, 1.54) is 0 Å². The van der Waals surface area contributed by atoms with Crippen molar-refractivity contribution < 1.29 is 19.4 Å². The van der Waals surface area contributed by atoms with Gasteiger partial charge in [0.05, 0.1) is 0 Å². The molecule has 110 valence electrons. The van der Waals surface area contributed by atoms with Crippen molar-refractivity contribution in [2.24, 2.45) is 0 Å². The number of amides is 1. The van der Waals surface area contributed by atoms with E-state index in [2.05, 4.69) is 53.1 Å². The van der Waals surface area contributed by atoms with Gasteiger partial charge in [-0.2, -0.15) is 0 Å². The zero-order valence-electron chi connectivity index (χ0n) is 10.2. The van der Waals surface area contributed by atoms with Gasteiger partial charge in [-0.05, 0) is 5.56 Å². The molecule has 1 aromatic carbocycles. The van der Waals surface area contributed by atoms with Gasteiger partial charge in [-0.15, -0.1) is 0 Å². The zero-order chi connectivity index (χ0) is 15.2. The molecule has 1 atom stereocenters. The molecule has 0 heterocycles. The molecule has 0 bridgehead atoms. The number of alkyl halides is 3. The van der Waals surface area contributed by atoms with Crippen molar-refractivity contribution in [2.75, 3.05) is 6.61 Å². The number of carboxylic acids is 1. The Morgan fingerprint density at radius 3 is 2.35 bits per heavy atom. The van der Waals surface area contributed by atoms with Gasteiger partial charge >= 0.3 is 12.1 Å². The summed E-state index contributed by atoms with van der Waals surface area (Å²) in [5, 5.41) is 11.4. The number of hydrogen-bond donors (Lipinski definition) is 2. The van der Waals surface area contributed by atoms with Crippen molar-refractivity contribution in [2.45, 2.75) is 14.6 Å². The minimum absolute atomic E-state index is 0.0174. The molecule has 1 amide bonds. The van der Waals surface area contributed by atoms with E-state index >= 15 is 0 Å². The Morgan fingerprint density at radius 2 is 1.85 bits per heavy atom. The van der Waals surface area contributed by atoms with Gasteiger partial charge in [0.1, 0.15) is 12.6 Å². The van der Waals surface area contributed by atoms with E-state index in [9.17, 15) is 9.59 Å². The molecule has 1 rings (SSSR count). The first kappa shape index (κ1) is 17.5. The van der Waals surface area contributed by atoms with Crippen LogP contribution in [-0.4, -0.2) is 32.0 Å². The van der Waals surface area contributed by atoms with Gasteiger partial charge in [0, 0.05) is 6.42 Å². The summed E-state index contributed by atoms with van der Waals surface area (Å²) in [6.07, 6.45) is -0.607. The fourth-order valence-electron chi connectivity index (χ4n) is 1.38. The Hall–Kier alpha value is -0.600. The van der Waals surface area contributed by atoms with Gasteiger partial charge in [0.2, 0.25) is 0 Å². The fraction of sp³-hybridized carbons (Fsp3) is 0.333. The lowest BCUT2D eigenvalue weighted by atomic mass is 10.1. The number of carboxylic acid groups (broad SMARTS) is 1. The summed E-state index contributed by atoms with van der Waals surface area (Å²) in [5.74, 6) is -1.12. The number of rotatable bonds is 5. The van der Waals surface area contributed by atoms with Crippen molar-refractivity contribution in [3.63, 3.8) is 0 Å². The molecule has 0 spiro atoms. The maximum atomic E-state index is 11.5. The number of carbonyl (C=O) groups is 2. The first-order chi connectivity index (χ1) is 9.28. The van der Waals surface area contributed by atoms with Crippen molar-refractivity contribution in [1.29, 1.82) is 0 Å². The van der Waals surface area contributed by atoms with Gasteiger partial charge < -0.3 is 15.2 Å². The van der Waals surface area contributed by atoms with Gasteiger partial charge in [-0.3, -0.25) is 0 Å². The summed E-state index contributed by atoms with van der Waals surface area (Å²) in [6, 6.07) is 8.00. The van der Waals surface area contributed by atoms with Crippen molar-refractivity contribution in [3.05, 3.63) is 35.9 Å². The highest BCUT2D eigenvalue weighted by atomic mass is 80.0. The second-order valence-electron chi connectivity index (χ2n) is 3.92. The average molecular weight is 474 g/mol. The van der Waals surface area contributed by atoms with Crippen LogP contribution in [0.2, 0.25) is 0 Å². The monoisotopic (exact) mass is 471 g/mol. The molecule has 1 aromatic rings. The highest BCUT2D eigenvalue weighted by Gasteiger charge is 2.24. The first-order valence-corrected chi connectivity index (χ1v) is 7.92. The van der Waals surface area contributed by atoms with Crippen molar-refractivity contribution in [1.82, 2.24) is 5.32 Å². The van der Waals surface area contributed by atoms with E-state index in [1.807, 2.05) is 6.07 Å². The molecule has 5 nitrogen and oxygen atoms in total. The number of nitrogens with one attached hydrogen (secondary N) is 1. The third-order valence-electron chi connectivity index (χ3n) is 2.24. The van der Waals surface area contributed by atoms with E-state index in [0.29, 0.717) is 0 Å². The Morgan fingerprint density at radius 1 is 1.25 bits per heavy atom. The molecule has 0 aliphatic heterocycles. The van der Waals surface area contributed by atoms with Gasteiger partial charge in [0.25, 0.3) is 0 Å². The molecular formula is C12H12Br3NO4. The summed E-state index contributed by atoms with van der Waals surface area (Å²) in [4.78, 5) is 22.7. The van der Waals surface area contributed by atoms with Crippen molar-refractivity contribution >= 4 is 59.9 Å². The smallest absolute Gasteiger partial charge is 0.407 e. The van der Waals surface area contributed by atoms with Crippen LogP contribution >= 0.6 is 47.8 Å². The van der Waals surface area contributed by atoms with E-state index < -0.39 is 20.2 Å². The summed E-state index contributed by atoms with van der Waals surface area (Å²) < 4.78 is 4.15. The lowest BCUT2D eigenvalue weighted by molar-refractivity contribution is -0.139. The molecule has 0 radical (unpaired) electrons. The van der Waals surface area contributed by atoms with Crippen LogP contribution < -0.4 is 5.32 Å². The van der Waals surface area contributed by atoms with Crippen LogP contribution in [0.1, 0.15) is 5.56 Å². The third-order valence-corrected chi connectivity index (χ3v) is 2.93. The number of ether oxygens (including phenoxy) is 1. The van der Waals surface area contributed by atoms with Gasteiger partial charge in [-0.25, -0.2) is 9.59 Å². The lowest BCUT2D eigenvalue weighted by Crippen LogP contribution is -2.43. The van der Waals surface area contributed by atoms with Crippen LogP contribution in [0.5, 0.6) is 0 Å². The Kier molecular flexibility index (Phi) is 6.97.